The summed E-state index contributed by atoms with van der Waals surface area (Å²) in [6, 6.07) is 14.1. The normalized spacial score (nSPS) is 10.9. The van der Waals surface area contributed by atoms with Crippen LogP contribution in [-0.2, 0) is 4.79 Å². The van der Waals surface area contributed by atoms with Gasteiger partial charge in [-0.2, -0.15) is 0 Å². The average Bonchev–Trinajstić information content (AvgIpc) is 3.39. The second kappa shape index (κ2) is 8.81. The first-order chi connectivity index (χ1) is 14.5. The fourth-order valence-corrected chi connectivity index (χ4v) is 4.03. The van der Waals surface area contributed by atoms with Crippen molar-refractivity contribution in [2.45, 2.75) is 26.0 Å². The summed E-state index contributed by atoms with van der Waals surface area (Å²) in [6.07, 6.45) is 0. The van der Waals surface area contributed by atoms with E-state index in [1.165, 1.54) is 34.2 Å². The number of amides is 1. The standard InChI is InChI=1S/C22H20N4O2S2/c1-13-4-7-16(8-5-13)20-25-26-22(28-20)30-12-19(27)24-21-23-18(11-29-21)17-9-6-14(2)15(3)10-17/h4-11H,12H2,1-3H3,(H,23,24,27). The number of carbonyl (C=O) groups excluding carboxylic acids is 1. The number of aryl methyl sites for hydroxylation is 3. The number of anilines is 1. The zero-order chi connectivity index (χ0) is 21.1. The second-order valence-corrected chi connectivity index (χ2v) is 8.70. The van der Waals surface area contributed by atoms with Crippen LogP contribution in [0, 0.1) is 20.8 Å². The van der Waals surface area contributed by atoms with Gasteiger partial charge in [0.1, 0.15) is 0 Å². The molecule has 4 rings (SSSR count). The van der Waals surface area contributed by atoms with Gasteiger partial charge in [-0.25, -0.2) is 4.98 Å². The molecule has 0 aliphatic rings. The van der Waals surface area contributed by atoms with E-state index in [-0.39, 0.29) is 11.7 Å². The first-order valence-corrected chi connectivity index (χ1v) is 11.2. The van der Waals surface area contributed by atoms with Gasteiger partial charge in [0, 0.05) is 16.5 Å². The zero-order valence-corrected chi connectivity index (χ0v) is 18.4. The number of benzene rings is 2. The van der Waals surface area contributed by atoms with Crippen LogP contribution in [-0.4, -0.2) is 26.8 Å². The van der Waals surface area contributed by atoms with Crippen LogP contribution in [0.2, 0.25) is 0 Å². The number of hydrogen-bond acceptors (Lipinski definition) is 7. The highest BCUT2D eigenvalue weighted by Crippen LogP contribution is 2.27. The molecule has 0 saturated heterocycles. The number of carbonyl (C=O) groups is 1. The van der Waals surface area contributed by atoms with Crippen LogP contribution in [0.15, 0.2) is 57.5 Å². The molecule has 8 heteroatoms. The van der Waals surface area contributed by atoms with Crippen molar-refractivity contribution < 1.29 is 9.21 Å². The Bertz CT molecular complexity index is 1180. The van der Waals surface area contributed by atoms with E-state index < -0.39 is 0 Å². The van der Waals surface area contributed by atoms with Crippen molar-refractivity contribution in [3.63, 3.8) is 0 Å². The topological polar surface area (TPSA) is 80.9 Å². The Morgan fingerprint density at radius 2 is 1.80 bits per heavy atom. The van der Waals surface area contributed by atoms with Crippen LogP contribution in [0.5, 0.6) is 0 Å². The molecule has 1 amide bonds. The molecule has 0 spiro atoms. The Hall–Kier alpha value is -2.97. The third kappa shape index (κ3) is 4.77. The maximum atomic E-state index is 12.3. The van der Waals surface area contributed by atoms with Crippen molar-refractivity contribution in [2.75, 3.05) is 11.1 Å². The fourth-order valence-electron chi connectivity index (χ4n) is 2.73. The molecule has 1 N–H and O–H groups in total. The van der Waals surface area contributed by atoms with Gasteiger partial charge in [-0.05, 0) is 50.1 Å². The highest BCUT2D eigenvalue weighted by molar-refractivity contribution is 7.99. The summed E-state index contributed by atoms with van der Waals surface area (Å²) in [5.41, 5.74) is 6.36. The molecule has 30 heavy (non-hydrogen) atoms. The molecule has 0 unspecified atom stereocenters. The lowest BCUT2D eigenvalue weighted by atomic mass is 10.1. The quantitative estimate of drug-likeness (QED) is 0.401. The number of rotatable bonds is 6. The first kappa shape index (κ1) is 20.3. The van der Waals surface area contributed by atoms with E-state index in [2.05, 4.69) is 46.5 Å². The van der Waals surface area contributed by atoms with E-state index in [9.17, 15) is 4.79 Å². The Balaban J connectivity index is 1.34. The SMILES string of the molecule is Cc1ccc(-c2nnc(SCC(=O)Nc3nc(-c4ccc(C)c(C)c4)cs3)o2)cc1. The Kier molecular flexibility index (Phi) is 5.96. The molecule has 0 bridgehead atoms. The maximum absolute atomic E-state index is 12.3. The molecular weight excluding hydrogens is 416 g/mol. The minimum absolute atomic E-state index is 0.161. The van der Waals surface area contributed by atoms with Crippen molar-refractivity contribution in [2.24, 2.45) is 0 Å². The van der Waals surface area contributed by atoms with E-state index in [1.807, 2.05) is 42.6 Å². The molecule has 6 nitrogen and oxygen atoms in total. The van der Waals surface area contributed by atoms with E-state index >= 15 is 0 Å². The van der Waals surface area contributed by atoms with Gasteiger partial charge in [0.25, 0.3) is 5.22 Å². The molecule has 0 aliphatic heterocycles. The Morgan fingerprint density at radius 3 is 2.57 bits per heavy atom. The summed E-state index contributed by atoms with van der Waals surface area (Å²) in [6.45, 7) is 6.17. The minimum atomic E-state index is -0.170. The number of nitrogens with zero attached hydrogens (tertiary/aromatic N) is 3. The highest BCUT2D eigenvalue weighted by Gasteiger charge is 2.13. The third-order valence-electron chi connectivity index (χ3n) is 4.58. The second-order valence-electron chi connectivity index (χ2n) is 6.91. The van der Waals surface area contributed by atoms with Crippen LogP contribution in [0.3, 0.4) is 0 Å². The van der Waals surface area contributed by atoms with Gasteiger partial charge in [-0.15, -0.1) is 21.5 Å². The lowest BCUT2D eigenvalue weighted by Gasteiger charge is -2.02. The molecule has 152 valence electrons. The predicted octanol–water partition coefficient (Wildman–Crippen LogP) is 5.52. The molecule has 2 heterocycles. The van der Waals surface area contributed by atoms with Crippen molar-refractivity contribution >= 4 is 34.1 Å². The minimum Gasteiger partial charge on any atom is -0.411 e. The molecule has 2 aromatic carbocycles. The number of nitrogens with one attached hydrogen (secondary N) is 1. The summed E-state index contributed by atoms with van der Waals surface area (Å²) in [4.78, 5) is 16.8. The predicted molar refractivity (Wildman–Crippen MR) is 121 cm³/mol. The Labute approximate surface area is 182 Å². The third-order valence-corrected chi connectivity index (χ3v) is 6.16. The van der Waals surface area contributed by atoms with Gasteiger partial charge in [-0.1, -0.05) is 41.6 Å². The van der Waals surface area contributed by atoms with E-state index in [0.717, 1.165) is 22.4 Å². The van der Waals surface area contributed by atoms with Crippen LogP contribution >= 0.6 is 23.1 Å². The first-order valence-electron chi connectivity index (χ1n) is 9.34. The highest BCUT2D eigenvalue weighted by atomic mass is 32.2. The molecule has 2 aromatic heterocycles. The summed E-state index contributed by atoms with van der Waals surface area (Å²) in [5.74, 6) is 0.431. The smallest absolute Gasteiger partial charge is 0.277 e. The molecule has 0 radical (unpaired) electrons. The van der Waals surface area contributed by atoms with Crippen LogP contribution in [0.1, 0.15) is 16.7 Å². The van der Waals surface area contributed by atoms with Gasteiger partial charge in [0.05, 0.1) is 11.4 Å². The molecule has 0 saturated carbocycles. The Morgan fingerprint density at radius 1 is 1.03 bits per heavy atom. The van der Waals surface area contributed by atoms with Crippen molar-refractivity contribution in [1.29, 1.82) is 0 Å². The summed E-state index contributed by atoms with van der Waals surface area (Å²) in [7, 11) is 0. The molecular formula is C22H20N4O2S2. The van der Waals surface area contributed by atoms with Crippen molar-refractivity contribution in [3.8, 4) is 22.7 Å². The number of thiazole rings is 1. The molecule has 0 aliphatic carbocycles. The molecule has 0 atom stereocenters. The van der Waals surface area contributed by atoms with Crippen LogP contribution in [0.25, 0.3) is 22.7 Å². The fraction of sp³-hybridized carbons (Fsp3) is 0.182. The number of hydrogen-bond donors (Lipinski definition) is 1. The lowest BCUT2D eigenvalue weighted by Crippen LogP contribution is -2.13. The van der Waals surface area contributed by atoms with Gasteiger partial charge < -0.3 is 9.73 Å². The summed E-state index contributed by atoms with van der Waals surface area (Å²) < 4.78 is 5.64. The van der Waals surface area contributed by atoms with Gasteiger partial charge in [-0.3, -0.25) is 4.79 Å². The summed E-state index contributed by atoms with van der Waals surface area (Å²) in [5, 5.41) is 13.8. The van der Waals surface area contributed by atoms with E-state index in [1.54, 1.807) is 0 Å². The van der Waals surface area contributed by atoms with Gasteiger partial charge in [0.2, 0.25) is 11.8 Å². The number of thioether (sulfide) groups is 1. The van der Waals surface area contributed by atoms with Crippen molar-refractivity contribution in [1.82, 2.24) is 15.2 Å². The largest absolute Gasteiger partial charge is 0.411 e. The lowest BCUT2D eigenvalue weighted by molar-refractivity contribution is -0.113. The van der Waals surface area contributed by atoms with E-state index in [0.29, 0.717) is 16.2 Å². The average molecular weight is 437 g/mol. The van der Waals surface area contributed by atoms with Crippen LogP contribution < -0.4 is 5.32 Å². The van der Waals surface area contributed by atoms with Gasteiger partial charge in [0.15, 0.2) is 5.13 Å². The van der Waals surface area contributed by atoms with E-state index in [4.69, 9.17) is 4.42 Å². The van der Waals surface area contributed by atoms with Gasteiger partial charge >= 0.3 is 0 Å². The molecule has 0 fully saturated rings. The molecule has 4 aromatic rings. The zero-order valence-electron chi connectivity index (χ0n) is 16.8. The summed E-state index contributed by atoms with van der Waals surface area (Å²) >= 11 is 2.60. The maximum Gasteiger partial charge on any atom is 0.277 e. The monoisotopic (exact) mass is 436 g/mol. The van der Waals surface area contributed by atoms with Crippen molar-refractivity contribution in [3.05, 3.63) is 64.5 Å². The van der Waals surface area contributed by atoms with Crippen LogP contribution in [0.4, 0.5) is 5.13 Å². The number of aromatic nitrogens is 3.